The molecule has 0 saturated carbocycles. The van der Waals surface area contributed by atoms with E-state index in [1.807, 2.05) is 12.1 Å². The van der Waals surface area contributed by atoms with Crippen molar-refractivity contribution in [3.63, 3.8) is 0 Å². The molecule has 1 heterocycles. The van der Waals surface area contributed by atoms with Crippen LogP contribution in [0.25, 0.3) is 0 Å². The number of aryl methyl sites for hydroxylation is 2. The number of halogens is 1. The summed E-state index contributed by atoms with van der Waals surface area (Å²) in [6.45, 7) is 1.79. The molecular weight excluding hydrogens is 354 g/mol. The van der Waals surface area contributed by atoms with Crippen LogP contribution in [0, 0.1) is 6.92 Å². The summed E-state index contributed by atoms with van der Waals surface area (Å²) in [6, 6.07) is 5.47. The fraction of sp³-hybridized carbons (Fsp3) is 0.400. The van der Waals surface area contributed by atoms with Gasteiger partial charge in [-0.25, -0.2) is 13.1 Å². The van der Waals surface area contributed by atoms with Gasteiger partial charge < -0.3 is 9.47 Å². The quantitative estimate of drug-likeness (QED) is 0.801. The highest BCUT2D eigenvalue weighted by molar-refractivity contribution is 7.89. The summed E-state index contributed by atoms with van der Waals surface area (Å²) in [6.07, 6.45) is 0.441. The second kappa shape index (κ2) is 7.42. The average molecular weight is 374 g/mol. The van der Waals surface area contributed by atoms with Gasteiger partial charge >= 0.3 is 0 Å². The topological polar surface area (TPSA) is 82.5 Å². The molecule has 2 aromatic rings. The van der Waals surface area contributed by atoms with Crippen molar-refractivity contribution in [3.05, 3.63) is 34.6 Å². The van der Waals surface area contributed by atoms with Gasteiger partial charge in [0.05, 0.1) is 19.9 Å². The molecule has 0 aliphatic heterocycles. The largest absolute Gasteiger partial charge is 0.493 e. The van der Waals surface area contributed by atoms with Gasteiger partial charge in [-0.3, -0.25) is 4.68 Å². The molecule has 0 amide bonds. The molecule has 132 valence electrons. The molecule has 0 aliphatic carbocycles. The SMILES string of the molecule is COc1cccc(CCNS(=O)(=O)c2c(C)nn(C)c2Cl)c1OC. The van der Waals surface area contributed by atoms with Gasteiger partial charge in [-0.1, -0.05) is 23.7 Å². The first-order valence-electron chi connectivity index (χ1n) is 7.20. The van der Waals surface area contributed by atoms with Gasteiger partial charge in [0.25, 0.3) is 0 Å². The number of sulfonamides is 1. The number of rotatable bonds is 7. The van der Waals surface area contributed by atoms with Crippen LogP contribution in [0.5, 0.6) is 11.5 Å². The summed E-state index contributed by atoms with van der Waals surface area (Å²) < 4.78 is 39.4. The Bertz CT molecular complexity index is 833. The number of hydrogen-bond donors (Lipinski definition) is 1. The van der Waals surface area contributed by atoms with Gasteiger partial charge in [0.2, 0.25) is 10.0 Å². The summed E-state index contributed by atoms with van der Waals surface area (Å²) >= 11 is 6.03. The molecule has 9 heteroatoms. The number of nitrogens with zero attached hydrogens (tertiary/aromatic N) is 2. The van der Waals surface area contributed by atoms with Gasteiger partial charge in [0.15, 0.2) is 11.5 Å². The van der Waals surface area contributed by atoms with Crippen LogP contribution in [-0.2, 0) is 23.5 Å². The van der Waals surface area contributed by atoms with Gasteiger partial charge in [-0.2, -0.15) is 5.10 Å². The minimum atomic E-state index is -3.74. The lowest BCUT2D eigenvalue weighted by molar-refractivity contribution is 0.351. The lowest BCUT2D eigenvalue weighted by atomic mass is 10.1. The van der Waals surface area contributed by atoms with E-state index >= 15 is 0 Å². The van der Waals surface area contributed by atoms with E-state index in [1.165, 1.54) is 4.68 Å². The van der Waals surface area contributed by atoms with Crippen LogP contribution < -0.4 is 14.2 Å². The predicted octanol–water partition coefficient (Wildman–Crippen LogP) is 1.92. The highest BCUT2D eigenvalue weighted by Gasteiger charge is 2.24. The Balaban J connectivity index is 2.14. The first-order chi connectivity index (χ1) is 11.3. The zero-order chi connectivity index (χ0) is 17.9. The van der Waals surface area contributed by atoms with Crippen molar-refractivity contribution in [2.24, 2.45) is 7.05 Å². The van der Waals surface area contributed by atoms with Crippen molar-refractivity contribution in [2.75, 3.05) is 20.8 Å². The second-order valence-corrected chi connectivity index (χ2v) is 7.19. The number of benzene rings is 1. The molecule has 2 rings (SSSR count). The maximum absolute atomic E-state index is 12.5. The molecular formula is C15H20ClN3O4S. The smallest absolute Gasteiger partial charge is 0.245 e. The van der Waals surface area contributed by atoms with Crippen LogP contribution in [0.3, 0.4) is 0 Å². The third-order valence-electron chi connectivity index (χ3n) is 3.54. The molecule has 0 radical (unpaired) electrons. The standard InChI is InChI=1S/C15H20ClN3O4S/c1-10-14(15(16)19(2)18-10)24(20,21)17-9-8-11-6-5-7-12(22-3)13(11)23-4/h5-7,17H,8-9H2,1-4H3. The van der Waals surface area contributed by atoms with Crippen LogP contribution >= 0.6 is 11.6 Å². The normalized spacial score (nSPS) is 11.5. The van der Waals surface area contributed by atoms with E-state index in [0.717, 1.165) is 5.56 Å². The molecule has 7 nitrogen and oxygen atoms in total. The Morgan fingerprint density at radius 3 is 2.54 bits per heavy atom. The molecule has 1 aromatic heterocycles. The molecule has 1 N–H and O–H groups in total. The number of aromatic nitrogens is 2. The number of nitrogens with one attached hydrogen (secondary N) is 1. The Hall–Kier alpha value is -1.77. The molecule has 0 aliphatic rings. The summed E-state index contributed by atoms with van der Waals surface area (Å²) in [4.78, 5) is 0.00396. The molecule has 24 heavy (non-hydrogen) atoms. The fourth-order valence-electron chi connectivity index (χ4n) is 2.46. The van der Waals surface area contributed by atoms with E-state index in [2.05, 4.69) is 9.82 Å². The molecule has 0 atom stereocenters. The van der Waals surface area contributed by atoms with E-state index in [-0.39, 0.29) is 16.6 Å². The zero-order valence-corrected chi connectivity index (χ0v) is 15.5. The highest BCUT2D eigenvalue weighted by atomic mass is 35.5. The second-order valence-electron chi connectivity index (χ2n) is 5.13. The molecule has 0 unspecified atom stereocenters. The minimum Gasteiger partial charge on any atom is -0.493 e. The van der Waals surface area contributed by atoms with Crippen molar-refractivity contribution in [1.82, 2.24) is 14.5 Å². The maximum atomic E-state index is 12.5. The molecule has 1 aromatic carbocycles. The summed E-state index contributed by atoms with van der Waals surface area (Å²) in [5, 5.41) is 4.10. The Morgan fingerprint density at radius 2 is 2.00 bits per heavy atom. The molecule has 0 fully saturated rings. The van der Waals surface area contributed by atoms with Crippen LogP contribution in [0.1, 0.15) is 11.3 Å². The van der Waals surface area contributed by atoms with Crippen molar-refractivity contribution in [2.45, 2.75) is 18.2 Å². The van der Waals surface area contributed by atoms with Gasteiger partial charge in [0, 0.05) is 13.6 Å². The van der Waals surface area contributed by atoms with Crippen molar-refractivity contribution in [1.29, 1.82) is 0 Å². The van der Waals surface area contributed by atoms with E-state index in [9.17, 15) is 8.42 Å². The van der Waals surface area contributed by atoms with E-state index in [0.29, 0.717) is 23.6 Å². The van der Waals surface area contributed by atoms with Crippen LogP contribution in [0.2, 0.25) is 5.15 Å². The number of ether oxygens (including phenoxy) is 2. The summed E-state index contributed by atoms with van der Waals surface area (Å²) in [5.41, 5.74) is 1.20. The third-order valence-corrected chi connectivity index (χ3v) is 5.70. The number of para-hydroxylation sites is 1. The van der Waals surface area contributed by atoms with Crippen LogP contribution in [-0.4, -0.2) is 39.0 Å². The molecule has 0 spiro atoms. The Kier molecular flexibility index (Phi) is 5.74. The molecule has 0 saturated heterocycles. The number of hydrogen-bond acceptors (Lipinski definition) is 5. The lowest BCUT2D eigenvalue weighted by Crippen LogP contribution is -2.26. The number of methoxy groups -OCH3 is 2. The van der Waals surface area contributed by atoms with Gasteiger partial charge in [0.1, 0.15) is 10.0 Å². The molecule has 0 bridgehead atoms. The third kappa shape index (κ3) is 3.66. The first-order valence-corrected chi connectivity index (χ1v) is 9.06. The fourth-order valence-corrected chi connectivity index (χ4v) is 4.24. The zero-order valence-electron chi connectivity index (χ0n) is 14.0. The van der Waals surface area contributed by atoms with Gasteiger partial charge in [-0.15, -0.1) is 0 Å². The van der Waals surface area contributed by atoms with E-state index in [1.54, 1.807) is 34.3 Å². The van der Waals surface area contributed by atoms with Crippen LogP contribution in [0.15, 0.2) is 23.1 Å². The summed E-state index contributed by atoms with van der Waals surface area (Å²) in [5.74, 6) is 1.19. The van der Waals surface area contributed by atoms with Gasteiger partial charge in [-0.05, 0) is 25.0 Å². The average Bonchev–Trinajstić information content (AvgIpc) is 2.79. The monoisotopic (exact) mass is 373 g/mol. The first kappa shape index (κ1) is 18.6. The van der Waals surface area contributed by atoms with E-state index in [4.69, 9.17) is 21.1 Å². The summed E-state index contributed by atoms with van der Waals surface area (Å²) in [7, 11) is 0.948. The Morgan fingerprint density at radius 1 is 1.29 bits per heavy atom. The lowest BCUT2D eigenvalue weighted by Gasteiger charge is -2.13. The van der Waals surface area contributed by atoms with Crippen molar-refractivity contribution in [3.8, 4) is 11.5 Å². The van der Waals surface area contributed by atoms with Crippen LogP contribution in [0.4, 0.5) is 0 Å². The van der Waals surface area contributed by atoms with Crippen molar-refractivity contribution >= 4 is 21.6 Å². The van der Waals surface area contributed by atoms with Crippen molar-refractivity contribution < 1.29 is 17.9 Å². The maximum Gasteiger partial charge on any atom is 0.245 e. The van der Waals surface area contributed by atoms with E-state index < -0.39 is 10.0 Å². The predicted molar refractivity (Wildman–Crippen MR) is 91.4 cm³/mol. The highest BCUT2D eigenvalue weighted by Crippen LogP contribution is 2.31. The minimum absolute atomic E-state index is 0.00396. The Labute approximate surface area is 146 Å².